The Morgan fingerprint density at radius 1 is 1.30 bits per heavy atom. The molecule has 2 aromatic rings. The van der Waals surface area contributed by atoms with Crippen molar-refractivity contribution in [2.75, 3.05) is 18.0 Å². The number of piperidine rings is 1. The molecular formula is C16H18N4. The minimum absolute atomic E-state index is 0.555. The van der Waals surface area contributed by atoms with Crippen molar-refractivity contribution < 1.29 is 0 Å². The van der Waals surface area contributed by atoms with E-state index in [-0.39, 0.29) is 0 Å². The number of H-pyrrole nitrogens is 1. The average Bonchev–Trinajstić information content (AvgIpc) is 2.97. The van der Waals surface area contributed by atoms with E-state index in [9.17, 15) is 0 Å². The first kappa shape index (κ1) is 11.7. The van der Waals surface area contributed by atoms with Crippen LogP contribution in [0.25, 0.3) is 16.6 Å². The number of aromatic nitrogens is 2. The summed E-state index contributed by atoms with van der Waals surface area (Å²) in [5.74, 6) is 0. The summed E-state index contributed by atoms with van der Waals surface area (Å²) >= 11 is 0. The highest BCUT2D eigenvalue weighted by Gasteiger charge is 2.26. The van der Waals surface area contributed by atoms with Crippen LogP contribution in [0.2, 0.25) is 0 Å². The highest BCUT2D eigenvalue weighted by molar-refractivity contribution is 6.00. The predicted octanol–water partition coefficient (Wildman–Crippen LogP) is 2.66. The van der Waals surface area contributed by atoms with Gasteiger partial charge >= 0.3 is 0 Å². The minimum atomic E-state index is 0.555. The molecule has 0 aromatic carbocycles. The van der Waals surface area contributed by atoms with Gasteiger partial charge in [0, 0.05) is 35.6 Å². The Hall–Kier alpha value is -2.07. The van der Waals surface area contributed by atoms with Gasteiger partial charge in [-0.1, -0.05) is 6.58 Å². The van der Waals surface area contributed by atoms with E-state index in [0.717, 1.165) is 29.9 Å². The summed E-state index contributed by atoms with van der Waals surface area (Å²) in [6.07, 6.45) is 10.5. The second-order valence-corrected chi connectivity index (χ2v) is 5.49. The molecule has 4 heteroatoms. The topological polar surface area (TPSA) is 44.0 Å². The standard InChI is InChI=1S/C16H18N4/c1-11-5-9-20(12-2-6-17-7-3-12)15-13-4-8-18-16(13)19-10-14(11)15/h4-5,8-10,12,17H,1-3,6-7H2,(H,18,19). The van der Waals surface area contributed by atoms with E-state index < -0.39 is 0 Å². The second kappa shape index (κ2) is 4.49. The molecule has 0 atom stereocenters. The zero-order valence-electron chi connectivity index (χ0n) is 11.4. The van der Waals surface area contributed by atoms with Crippen molar-refractivity contribution in [2.45, 2.75) is 18.9 Å². The Balaban J connectivity index is 1.88. The van der Waals surface area contributed by atoms with E-state index in [1.165, 1.54) is 23.9 Å². The smallest absolute Gasteiger partial charge is 0.139 e. The van der Waals surface area contributed by atoms with E-state index in [2.05, 4.69) is 45.1 Å². The number of nitrogens with one attached hydrogen (secondary N) is 2. The van der Waals surface area contributed by atoms with Crippen molar-refractivity contribution in [2.24, 2.45) is 0 Å². The van der Waals surface area contributed by atoms with Crippen molar-refractivity contribution in [3.05, 3.63) is 42.9 Å². The molecule has 102 valence electrons. The minimum Gasteiger partial charge on any atom is -0.346 e. The van der Waals surface area contributed by atoms with Crippen LogP contribution in [0.3, 0.4) is 0 Å². The molecule has 0 saturated carbocycles. The molecule has 0 amide bonds. The maximum absolute atomic E-state index is 4.50. The number of rotatable bonds is 1. The molecular weight excluding hydrogens is 248 g/mol. The van der Waals surface area contributed by atoms with Gasteiger partial charge in [-0.2, -0.15) is 0 Å². The lowest BCUT2D eigenvalue weighted by Crippen LogP contribution is -2.41. The lowest BCUT2D eigenvalue weighted by Gasteiger charge is -2.37. The van der Waals surface area contributed by atoms with Crippen LogP contribution in [0.4, 0.5) is 5.69 Å². The molecule has 1 fully saturated rings. The van der Waals surface area contributed by atoms with Gasteiger partial charge in [0.15, 0.2) is 0 Å². The molecule has 20 heavy (non-hydrogen) atoms. The molecule has 0 radical (unpaired) electrons. The zero-order valence-corrected chi connectivity index (χ0v) is 11.4. The van der Waals surface area contributed by atoms with E-state index in [0.29, 0.717) is 6.04 Å². The molecule has 2 aliphatic heterocycles. The van der Waals surface area contributed by atoms with Crippen LogP contribution in [0.15, 0.2) is 37.3 Å². The molecule has 4 heterocycles. The number of hydrogen-bond donors (Lipinski definition) is 2. The predicted molar refractivity (Wildman–Crippen MR) is 82.6 cm³/mol. The number of pyridine rings is 1. The van der Waals surface area contributed by atoms with Crippen molar-refractivity contribution in [1.82, 2.24) is 15.3 Å². The van der Waals surface area contributed by atoms with Crippen molar-refractivity contribution in [3.8, 4) is 0 Å². The zero-order chi connectivity index (χ0) is 13.5. The molecule has 0 unspecified atom stereocenters. The largest absolute Gasteiger partial charge is 0.346 e. The molecule has 4 rings (SSSR count). The lowest BCUT2D eigenvalue weighted by molar-refractivity contribution is 0.450. The Kier molecular flexibility index (Phi) is 2.63. The first-order valence-corrected chi connectivity index (χ1v) is 7.17. The monoisotopic (exact) mass is 266 g/mol. The van der Waals surface area contributed by atoms with Crippen LogP contribution < -0.4 is 10.2 Å². The van der Waals surface area contributed by atoms with Crippen molar-refractivity contribution in [3.63, 3.8) is 0 Å². The summed E-state index contributed by atoms with van der Waals surface area (Å²) in [4.78, 5) is 10.1. The fourth-order valence-corrected chi connectivity index (χ4v) is 3.23. The molecule has 2 aliphatic rings. The quantitative estimate of drug-likeness (QED) is 0.834. The summed E-state index contributed by atoms with van der Waals surface area (Å²) in [5.41, 5.74) is 4.40. The summed E-state index contributed by atoms with van der Waals surface area (Å²) < 4.78 is 0. The molecule has 2 N–H and O–H groups in total. The van der Waals surface area contributed by atoms with Gasteiger partial charge in [0.1, 0.15) is 5.65 Å². The fraction of sp³-hybridized carbons (Fsp3) is 0.312. The van der Waals surface area contributed by atoms with Crippen LogP contribution in [0.5, 0.6) is 0 Å². The maximum atomic E-state index is 4.50. The van der Waals surface area contributed by atoms with Gasteiger partial charge in [-0.15, -0.1) is 0 Å². The van der Waals surface area contributed by atoms with E-state index in [1.54, 1.807) is 0 Å². The molecule has 0 aliphatic carbocycles. The fourth-order valence-electron chi connectivity index (χ4n) is 3.23. The van der Waals surface area contributed by atoms with Gasteiger partial charge in [-0.3, -0.25) is 0 Å². The summed E-state index contributed by atoms with van der Waals surface area (Å²) in [7, 11) is 0. The van der Waals surface area contributed by atoms with Gasteiger partial charge < -0.3 is 15.2 Å². The first-order valence-electron chi connectivity index (χ1n) is 7.17. The third kappa shape index (κ3) is 1.68. The molecule has 2 aromatic heterocycles. The maximum Gasteiger partial charge on any atom is 0.139 e. The van der Waals surface area contributed by atoms with Crippen LogP contribution in [0, 0.1) is 0 Å². The van der Waals surface area contributed by atoms with Crippen molar-refractivity contribution >= 4 is 22.3 Å². The van der Waals surface area contributed by atoms with Gasteiger partial charge in [0.2, 0.25) is 0 Å². The Labute approximate surface area is 118 Å². The summed E-state index contributed by atoms with van der Waals surface area (Å²) in [6.45, 7) is 6.33. The first-order chi connectivity index (χ1) is 9.84. The van der Waals surface area contributed by atoms with E-state index in [1.807, 2.05) is 12.4 Å². The molecule has 4 nitrogen and oxygen atoms in total. The van der Waals surface area contributed by atoms with Crippen molar-refractivity contribution in [1.29, 1.82) is 0 Å². The normalized spacial score (nSPS) is 19.6. The van der Waals surface area contributed by atoms with Crippen LogP contribution >= 0.6 is 0 Å². The number of nitrogens with zero attached hydrogens (tertiary/aromatic N) is 2. The number of hydrogen-bond acceptors (Lipinski definition) is 3. The van der Waals surface area contributed by atoms with Crippen LogP contribution in [-0.4, -0.2) is 29.1 Å². The second-order valence-electron chi connectivity index (χ2n) is 5.49. The highest BCUT2D eigenvalue weighted by Crippen LogP contribution is 2.39. The van der Waals surface area contributed by atoms with Crippen LogP contribution in [0.1, 0.15) is 18.4 Å². The molecule has 0 spiro atoms. The Bertz CT molecular complexity index is 692. The molecule has 0 bridgehead atoms. The summed E-state index contributed by atoms with van der Waals surface area (Å²) in [6, 6.07) is 2.67. The number of anilines is 1. The van der Waals surface area contributed by atoms with E-state index >= 15 is 0 Å². The Morgan fingerprint density at radius 3 is 3.00 bits per heavy atom. The average molecular weight is 266 g/mol. The lowest BCUT2D eigenvalue weighted by atomic mass is 9.97. The number of allylic oxidation sites excluding steroid dienone is 2. The van der Waals surface area contributed by atoms with Crippen LogP contribution in [-0.2, 0) is 0 Å². The number of fused-ring (bicyclic) bond motifs is 3. The third-order valence-electron chi connectivity index (χ3n) is 4.30. The SMILES string of the molecule is C=C1C=CN(C2CCNCC2)c2c1cnc1[nH]ccc21. The summed E-state index contributed by atoms with van der Waals surface area (Å²) in [5, 5.41) is 4.62. The Morgan fingerprint density at radius 2 is 2.15 bits per heavy atom. The molecule has 1 saturated heterocycles. The third-order valence-corrected chi connectivity index (χ3v) is 4.30. The van der Waals surface area contributed by atoms with Gasteiger partial charge in [0.05, 0.1) is 5.69 Å². The number of aromatic amines is 1. The van der Waals surface area contributed by atoms with Gasteiger partial charge in [0.25, 0.3) is 0 Å². The highest BCUT2D eigenvalue weighted by atomic mass is 15.2. The van der Waals surface area contributed by atoms with E-state index in [4.69, 9.17) is 0 Å². The van der Waals surface area contributed by atoms with Gasteiger partial charge in [-0.05, 0) is 43.6 Å². The van der Waals surface area contributed by atoms with Gasteiger partial charge in [-0.25, -0.2) is 4.98 Å².